The first kappa shape index (κ1) is 23.4. The largest absolute Gasteiger partial charge is 0.348 e. The lowest BCUT2D eigenvalue weighted by Crippen LogP contribution is -2.32. The number of sulfonamides is 1. The van der Waals surface area contributed by atoms with Crippen molar-refractivity contribution < 1.29 is 13.2 Å². The van der Waals surface area contributed by atoms with Crippen LogP contribution in [0.3, 0.4) is 0 Å². The first-order chi connectivity index (χ1) is 15.6. The third-order valence-electron chi connectivity index (χ3n) is 5.63. The van der Waals surface area contributed by atoms with Gasteiger partial charge in [-0.2, -0.15) is 5.10 Å². The van der Waals surface area contributed by atoms with E-state index >= 15 is 0 Å². The number of hydrogen-bond donors (Lipinski definition) is 2. The molecule has 0 spiro atoms. The number of nitrogens with one attached hydrogen (secondary N) is 2. The van der Waals surface area contributed by atoms with Gasteiger partial charge in [-0.3, -0.25) is 4.79 Å². The van der Waals surface area contributed by atoms with Gasteiger partial charge in [0.1, 0.15) is 0 Å². The van der Waals surface area contributed by atoms with Gasteiger partial charge < -0.3 is 5.32 Å². The van der Waals surface area contributed by atoms with Crippen molar-refractivity contribution in [3.8, 4) is 0 Å². The fourth-order valence-electron chi connectivity index (χ4n) is 3.94. The average Bonchev–Trinajstić information content (AvgIpc) is 3.49. The molecule has 9 heteroatoms. The predicted octanol–water partition coefficient (Wildman–Crippen LogP) is 3.65. The van der Waals surface area contributed by atoms with Crippen molar-refractivity contribution in [1.29, 1.82) is 0 Å². The van der Waals surface area contributed by atoms with E-state index in [2.05, 4.69) is 15.1 Å². The highest BCUT2D eigenvalue weighted by molar-refractivity contribution is 7.88. The fourth-order valence-corrected chi connectivity index (χ4v) is 5.43. The molecule has 1 saturated carbocycles. The molecule has 1 aliphatic rings. The summed E-state index contributed by atoms with van der Waals surface area (Å²) in [5, 5.41) is 8.16. The lowest BCUT2D eigenvalue weighted by Gasteiger charge is -2.14. The summed E-state index contributed by atoms with van der Waals surface area (Å²) in [5.74, 6) is 0.0467. The van der Waals surface area contributed by atoms with Crippen molar-refractivity contribution in [2.75, 3.05) is 0 Å². The molecule has 33 heavy (non-hydrogen) atoms. The maximum Gasteiger partial charge on any atom is 0.252 e. The van der Waals surface area contributed by atoms with Crippen molar-refractivity contribution in [1.82, 2.24) is 24.8 Å². The lowest BCUT2D eigenvalue weighted by molar-refractivity contribution is 0.0952. The van der Waals surface area contributed by atoms with Crippen LogP contribution in [-0.4, -0.2) is 35.1 Å². The topological polar surface area (TPSA) is 106 Å². The van der Waals surface area contributed by atoms with E-state index in [-0.39, 0.29) is 30.3 Å². The van der Waals surface area contributed by atoms with Gasteiger partial charge in [-0.1, -0.05) is 24.3 Å². The Kier molecular flexibility index (Phi) is 6.54. The van der Waals surface area contributed by atoms with Crippen LogP contribution in [0, 0.1) is 0 Å². The molecule has 1 aliphatic carbocycles. The van der Waals surface area contributed by atoms with Gasteiger partial charge in [-0.25, -0.2) is 22.8 Å². The Morgan fingerprint density at radius 3 is 2.48 bits per heavy atom. The van der Waals surface area contributed by atoms with E-state index in [4.69, 9.17) is 4.98 Å². The maximum atomic E-state index is 13.2. The van der Waals surface area contributed by atoms with E-state index < -0.39 is 10.0 Å². The summed E-state index contributed by atoms with van der Waals surface area (Å²) < 4.78 is 29.3. The molecule has 2 N–H and O–H groups in total. The number of carbonyl (C=O) groups is 1. The standard InChI is InChI=1S/C24H31N5O3S/c1-15(2)28-33(31,32)14-19-8-6-5-7-18(19)12-25-24(30)20-11-22(17-9-10-17)27-23-21(20)13-26-29(23)16(3)4/h5-8,11,13,15-17,28H,9-10,12,14H2,1-4H3,(H,25,30). The van der Waals surface area contributed by atoms with Crippen LogP contribution in [0.25, 0.3) is 11.0 Å². The van der Waals surface area contributed by atoms with Gasteiger partial charge in [0.25, 0.3) is 5.91 Å². The van der Waals surface area contributed by atoms with Crippen molar-refractivity contribution >= 4 is 27.0 Å². The minimum atomic E-state index is -3.47. The van der Waals surface area contributed by atoms with Crippen LogP contribution >= 0.6 is 0 Å². The Morgan fingerprint density at radius 2 is 1.85 bits per heavy atom. The highest BCUT2D eigenvalue weighted by atomic mass is 32.2. The van der Waals surface area contributed by atoms with Gasteiger partial charge >= 0.3 is 0 Å². The molecule has 0 radical (unpaired) electrons. The van der Waals surface area contributed by atoms with E-state index in [0.717, 1.165) is 35.1 Å². The second-order valence-electron chi connectivity index (χ2n) is 9.27. The van der Waals surface area contributed by atoms with E-state index in [1.165, 1.54) is 0 Å². The molecule has 0 saturated heterocycles. The average molecular weight is 470 g/mol. The zero-order chi connectivity index (χ0) is 23.8. The Balaban J connectivity index is 1.58. The fraction of sp³-hybridized carbons (Fsp3) is 0.458. The number of amides is 1. The number of hydrogen-bond acceptors (Lipinski definition) is 5. The van der Waals surface area contributed by atoms with Gasteiger partial charge in [0.05, 0.1) is 22.9 Å². The molecule has 176 valence electrons. The van der Waals surface area contributed by atoms with E-state index in [1.54, 1.807) is 32.2 Å². The van der Waals surface area contributed by atoms with Gasteiger partial charge in [-0.05, 0) is 57.7 Å². The third kappa shape index (κ3) is 5.42. The number of benzene rings is 1. The van der Waals surface area contributed by atoms with Crippen LogP contribution in [0.15, 0.2) is 36.5 Å². The highest BCUT2D eigenvalue weighted by Crippen LogP contribution is 2.40. The zero-order valence-electron chi connectivity index (χ0n) is 19.5. The van der Waals surface area contributed by atoms with E-state index in [9.17, 15) is 13.2 Å². The molecule has 8 nitrogen and oxygen atoms in total. The second kappa shape index (κ2) is 9.23. The van der Waals surface area contributed by atoms with Crippen molar-refractivity contribution in [2.24, 2.45) is 0 Å². The van der Waals surface area contributed by atoms with Crippen molar-refractivity contribution in [2.45, 2.75) is 70.8 Å². The number of pyridine rings is 1. The van der Waals surface area contributed by atoms with E-state index in [0.29, 0.717) is 17.0 Å². The van der Waals surface area contributed by atoms with Crippen molar-refractivity contribution in [3.63, 3.8) is 0 Å². The number of fused-ring (bicyclic) bond motifs is 1. The number of nitrogens with zero attached hydrogens (tertiary/aromatic N) is 3. The molecule has 0 unspecified atom stereocenters. The molecule has 0 atom stereocenters. The summed E-state index contributed by atoms with van der Waals surface area (Å²) >= 11 is 0. The molecule has 3 aromatic rings. The molecule has 0 bridgehead atoms. The molecule has 1 amide bonds. The summed E-state index contributed by atoms with van der Waals surface area (Å²) in [6, 6.07) is 9.11. The summed E-state index contributed by atoms with van der Waals surface area (Å²) in [4.78, 5) is 18.0. The van der Waals surface area contributed by atoms with Gasteiger partial charge in [0, 0.05) is 30.2 Å². The van der Waals surface area contributed by atoms with Gasteiger partial charge in [0.15, 0.2) is 5.65 Å². The van der Waals surface area contributed by atoms with Crippen LogP contribution in [0.4, 0.5) is 0 Å². The molecule has 2 heterocycles. The Labute approximate surface area is 194 Å². The van der Waals surface area contributed by atoms with Crippen LogP contribution in [0.2, 0.25) is 0 Å². The minimum absolute atomic E-state index is 0.133. The molecular weight excluding hydrogens is 438 g/mol. The molecule has 2 aromatic heterocycles. The minimum Gasteiger partial charge on any atom is -0.348 e. The van der Waals surface area contributed by atoms with Crippen LogP contribution in [0.5, 0.6) is 0 Å². The molecular formula is C24H31N5O3S. The maximum absolute atomic E-state index is 13.2. The second-order valence-corrected chi connectivity index (χ2v) is 11.0. The van der Waals surface area contributed by atoms with Crippen LogP contribution < -0.4 is 10.0 Å². The third-order valence-corrected chi connectivity index (χ3v) is 7.16. The summed E-state index contributed by atoms with van der Waals surface area (Å²) in [5.41, 5.74) is 3.65. The zero-order valence-corrected chi connectivity index (χ0v) is 20.3. The summed E-state index contributed by atoms with van der Waals surface area (Å²) in [6.07, 6.45) is 3.87. The van der Waals surface area contributed by atoms with Gasteiger partial charge in [0.2, 0.25) is 10.0 Å². The molecule has 0 aliphatic heterocycles. The van der Waals surface area contributed by atoms with Gasteiger partial charge in [-0.15, -0.1) is 0 Å². The SMILES string of the molecule is CC(C)NS(=O)(=O)Cc1ccccc1CNC(=O)c1cc(C2CC2)nc2c1cnn2C(C)C. The number of carbonyl (C=O) groups excluding carboxylic acids is 1. The molecule has 1 fully saturated rings. The lowest BCUT2D eigenvalue weighted by atomic mass is 10.1. The quantitative estimate of drug-likeness (QED) is 0.498. The molecule has 1 aromatic carbocycles. The smallest absolute Gasteiger partial charge is 0.252 e. The van der Waals surface area contributed by atoms with E-state index in [1.807, 2.05) is 36.7 Å². The predicted molar refractivity (Wildman–Crippen MR) is 128 cm³/mol. The van der Waals surface area contributed by atoms with Crippen molar-refractivity contribution in [3.05, 3.63) is 58.9 Å². The number of aromatic nitrogens is 3. The molecule has 4 rings (SSSR count). The monoisotopic (exact) mass is 469 g/mol. The summed E-state index contributed by atoms with van der Waals surface area (Å²) in [6.45, 7) is 7.88. The van der Waals surface area contributed by atoms with Crippen LogP contribution in [0.1, 0.15) is 79.7 Å². The highest BCUT2D eigenvalue weighted by Gasteiger charge is 2.28. The van der Waals surface area contributed by atoms with Crippen LogP contribution in [-0.2, 0) is 22.3 Å². The first-order valence-corrected chi connectivity index (χ1v) is 13.0. The summed E-state index contributed by atoms with van der Waals surface area (Å²) in [7, 11) is -3.47. The normalized spacial score (nSPS) is 14.4. The first-order valence-electron chi connectivity index (χ1n) is 11.4. The Bertz CT molecular complexity index is 1280. The number of rotatable bonds is 9. The Hall–Kier alpha value is -2.78. The Morgan fingerprint density at radius 1 is 1.15 bits per heavy atom.